The van der Waals surface area contributed by atoms with Crippen LogP contribution in [0.25, 0.3) is 53.9 Å². The normalized spacial score (nSPS) is 40.1. The highest BCUT2D eigenvalue weighted by Gasteiger charge is 2.60. The van der Waals surface area contributed by atoms with Gasteiger partial charge in [-0.2, -0.15) is 0 Å². The van der Waals surface area contributed by atoms with E-state index in [9.17, 15) is 0 Å². The zero-order valence-corrected chi connectivity index (χ0v) is 24.8. The van der Waals surface area contributed by atoms with Crippen molar-refractivity contribution in [1.29, 1.82) is 0 Å². The molecule has 0 radical (unpaired) electrons. The Kier molecular flexibility index (Phi) is 2.75. The summed E-state index contributed by atoms with van der Waals surface area (Å²) in [5.41, 5.74) is 19.6. The number of hydrogen-bond donors (Lipinski definition) is 0. The van der Waals surface area contributed by atoms with Crippen LogP contribution in [0.5, 0.6) is 0 Å². The van der Waals surface area contributed by atoms with Crippen molar-refractivity contribution < 1.29 is 0 Å². The van der Waals surface area contributed by atoms with Crippen molar-refractivity contribution in [3.05, 3.63) is 55.6 Å². The van der Waals surface area contributed by atoms with Gasteiger partial charge < -0.3 is 0 Å². The van der Waals surface area contributed by atoms with E-state index in [0.29, 0.717) is 0 Å². The van der Waals surface area contributed by atoms with Crippen LogP contribution in [0.3, 0.4) is 0 Å². The molecule has 10 aliphatic rings. The third-order valence-corrected chi connectivity index (χ3v) is 16.7. The van der Waals surface area contributed by atoms with Gasteiger partial charge in [-0.3, -0.25) is 0 Å². The van der Waals surface area contributed by atoms with Crippen molar-refractivity contribution >= 4 is 53.9 Å². The SMILES string of the molecule is C1CC2c3c4c5c6c7c8c9c%10c%11c%12c%13c%14c%15c(c3c3c5c8c%11c%143)C2CCC%15C%13CCC%12C%10CCC9C7CCC6C14.CC. The van der Waals surface area contributed by atoms with Gasteiger partial charge in [-0.25, -0.2) is 0 Å². The van der Waals surface area contributed by atoms with Gasteiger partial charge in [0.2, 0.25) is 0 Å². The molecule has 10 atom stereocenters. The molecule has 0 amide bonds. The number of rotatable bonds is 0. The molecule has 0 aliphatic heterocycles. The molecule has 0 saturated heterocycles. The number of fused-ring (bicyclic) bond motifs is 5. The highest BCUT2D eigenvalue weighted by molar-refractivity contribution is 6.48. The first-order chi connectivity index (χ1) is 20.9. The summed E-state index contributed by atoms with van der Waals surface area (Å²) in [6, 6.07) is 0. The Labute approximate surface area is 246 Å². The Hall–Kier alpha value is -2.60. The Balaban J connectivity index is 0.000000963. The Morgan fingerprint density at radius 2 is 0.333 bits per heavy atom. The maximum absolute atomic E-state index is 2.00. The summed E-state index contributed by atoms with van der Waals surface area (Å²) in [4.78, 5) is 0. The first kappa shape index (κ1) is 20.4. The lowest BCUT2D eigenvalue weighted by atomic mass is 9.64. The first-order valence-electron chi connectivity index (χ1n) is 18.4. The second kappa shape index (κ2) is 5.66. The predicted octanol–water partition coefficient (Wildman–Crippen LogP) is 11.7. The molecule has 0 bridgehead atoms. The standard InChI is InChI=1S/C40H30.C2H6/c1-2-12-14-5-6-16-18-9-10-20-19-8-7-17-15-4-3-13-11(1)21-22(12)32-24(14)26(16)34-29(18)30(20)35-28(19)27(17)33-25(15)23(13)31(21)36-37(32)39(34)40(35)38(33)36;1-2/h11-20H,1-10H2;1-2H3. The van der Waals surface area contributed by atoms with E-state index in [1.165, 1.54) is 64.2 Å². The minimum atomic E-state index is 0.848. The van der Waals surface area contributed by atoms with Crippen LogP contribution in [0.2, 0.25) is 0 Å². The number of benzene rings is 5. The molecular weight excluding hydrogens is 504 g/mol. The Morgan fingerprint density at radius 1 is 0.214 bits per heavy atom. The lowest BCUT2D eigenvalue weighted by molar-refractivity contribution is 0.319. The van der Waals surface area contributed by atoms with Gasteiger partial charge >= 0.3 is 0 Å². The van der Waals surface area contributed by atoms with Crippen molar-refractivity contribution in [3.63, 3.8) is 0 Å². The Bertz CT molecular complexity index is 1860. The topological polar surface area (TPSA) is 0 Å². The van der Waals surface area contributed by atoms with Crippen LogP contribution >= 0.6 is 0 Å². The summed E-state index contributed by atoms with van der Waals surface area (Å²) in [6.07, 6.45) is 14.9. The van der Waals surface area contributed by atoms with E-state index in [1.807, 2.05) is 123 Å². The minimum absolute atomic E-state index is 0.848. The van der Waals surface area contributed by atoms with Crippen LogP contribution in [0.4, 0.5) is 0 Å². The second-order valence-corrected chi connectivity index (χ2v) is 16.8. The molecule has 0 heteroatoms. The van der Waals surface area contributed by atoms with Crippen LogP contribution in [-0.2, 0) is 0 Å². The first-order valence-corrected chi connectivity index (χ1v) is 18.4. The molecule has 0 nitrogen and oxygen atoms in total. The Morgan fingerprint density at radius 3 is 0.452 bits per heavy atom. The molecule has 6 aromatic carbocycles. The largest absolute Gasteiger partial charge is 0.0683 e. The fraction of sp³-hybridized carbons (Fsp3) is 0.524. The molecule has 0 spiro atoms. The maximum atomic E-state index is 2.00. The third-order valence-electron chi connectivity index (χ3n) is 16.7. The molecule has 0 saturated carbocycles. The molecule has 6 aromatic rings. The van der Waals surface area contributed by atoms with E-state index in [2.05, 4.69) is 0 Å². The molecule has 42 heavy (non-hydrogen) atoms. The van der Waals surface area contributed by atoms with Gasteiger partial charge in [0.1, 0.15) is 0 Å². The summed E-state index contributed by atoms with van der Waals surface area (Å²) >= 11 is 0. The van der Waals surface area contributed by atoms with Crippen LogP contribution in [0, 0.1) is 0 Å². The van der Waals surface area contributed by atoms with E-state index in [-0.39, 0.29) is 0 Å². The van der Waals surface area contributed by atoms with Crippen molar-refractivity contribution in [3.8, 4) is 0 Å². The van der Waals surface area contributed by atoms with Crippen LogP contribution in [0.1, 0.15) is 193 Å². The average molecular weight is 541 g/mol. The summed E-state index contributed by atoms with van der Waals surface area (Å²) in [5, 5.41) is 18.7. The van der Waals surface area contributed by atoms with Gasteiger partial charge in [-0.1, -0.05) is 13.8 Å². The summed E-state index contributed by atoms with van der Waals surface area (Å²) in [6.45, 7) is 4.00. The third kappa shape index (κ3) is 1.49. The summed E-state index contributed by atoms with van der Waals surface area (Å²) < 4.78 is 0. The highest BCUT2D eigenvalue weighted by atomic mass is 14.6. The molecule has 16 rings (SSSR count). The van der Waals surface area contributed by atoms with Crippen molar-refractivity contribution in [2.45, 2.75) is 137 Å². The van der Waals surface area contributed by atoms with Crippen LogP contribution in [-0.4, -0.2) is 0 Å². The van der Waals surface area contributed by atoms with Gasteiger partial charge in [0, 0.05) is 0 Å². The molecule has 10 aliphatic carbocycles. The van der Waals surface area contributed by atoms with E-state index in [4.69, 9.17) is 0 Å². The fourth-order valence-corrected chi connectivity index (χ4v) is 16.4. The molecule has 204 valence electrons. The van der Waals surface area contributed by atoms with E-state index in [0.717, 1.165) is 59.2 Å². The smallest absolute Gasteiger partial charge is 0.000747 e. The zero-order chi connectivity index (χ0) is 26.4. The van der Waals surface area contributed by atoms with Gasteiger partial charge in [0.15, 0.2) is 0 Å². The van der Waals surface area contributed by atoms with Gasteiger partial charge in [0.05, 0.1) is 0 Å². The maximum Gasteiger partial charge on any atom is -0.000747 e. The van der Waals surface area contributed by atoms with Crippen molar-refractivity contribution in [1.82, 2.24) is 0 Å². The van der Waals surface area contributed by atoms with Gasteiger partial charge in [-0.15, -0.1) is 0 Å². The van der Waals surface area contributed by atoms with E-state index >= 15 is 0 Å². The quantitative estimate of drug-likeness (QED) is 0.168. The van der Waals surface area contributed by atoms with Gasteiger partial charge in [-0.05, 0) is 233 Å². The second-order valence-electron chi connectivity index (χ2n) is 16.8. The molecular formula is C42H36. The highest BCUT2D eigenvalue weighted by Crippen LogP contribution is 2.79. The lowest BCUT2D eigenvalue weighted by Crippen LogP contribution is -2.24. The van der Waals surface area contributed by atoms with Crippen LogP contribution in [0.15, 0.2) is 0 Å². The van der Waals surface area contributed by atoms with Crippen molar-refractivity contribution in [2.75, 3.05) is 0 Å². The van der Waals surface area contributed by atoms with Crippen molar-refractivity contribution in [2.24, 2.45) is 0 Å². The molecule has 0 N–H and O–H groups in total. The predicted molar refractivity (Wildman–Crippen MR) is 172 cm³/mol. The molecule has 0 aromatic heterocycles. The van der Waals surface area contributed by atoms with E-state index in [1.54, 1.807) is 0 Å². The zero-order valence-electron chi connectivity index (χ0n) is 24.8. The lowest BCUT2D eigenvalue weighted by Gasteiger charge is -2.39. The summed E-state index contributed by atoms with van der Waals surface area (Å²) in [5.74, 6) is 8.48. The monoisotopic (exact) mass is 540 g/mol. The van der Waals surface area contributed by atoms with E-state index < -0.39 is 0 Å². The molecule has 0 heterocycles. The molecule has 0 fully saturated rings. The minimum Gasteiger partial charge on any atom is -0.0683 e. The fourth-order valence-electron chi connectivity index (χ4n) is 16.4. The summed E-state index contributed by atoms with van der Waals surface area (Å²) in [7, 11) is 0. The van der Waals surface area contributed by atoms with Crippen LogP contribution < -0.4 is 0 Å². The molecule has 10 unspecified atom stereocenters. The average Bonchev–Trinajstić information content (AvgIpc) is 3.85. The number of hydrogen-bond acceptors (Lipinski definition) is 0. The van der Waals surface area contributed by atoms with Gasteiger partial charge in [0.25, 0.3) is 0 Å².